The van der Waals surface area contributed by atoms with E-state index in [-0.39, 0.29) is 17.3 Å². The molecule has 39 heavy (non-hydrogen) atoms. The monoisotopic (exact) mass is 546 g/mol. The van der Waals surface area contributed by atoms with Crippen molar-refractivity contribution in [2.24, 2.45) is 0 Å². The molecule has 3 aromatic carbocycles. The van der Waals surface area contributed by atoms with Gasteiger partial charge in [-0.1, -0.05) is 41.6 Å². The maximum Gasteiger partial charge on any atom is 0.266 e. The number of hydrogen-bond acceptors (Lipinski definition) is 6. The fourth-order valence-corrected chi connectivity index (χ4v) is 5.45. The molecule has 1 aromatic heterocycles. The van der Waals surface area contributed by atoms with Crippen LogP contribution in [0.4, 0.5) is 4.39 Å². The van der Waals surface area contributed by atoms with Crippen LogP contribution in [-0.2, 0) is 10.5 Å². The van der Waals surface area contributed by atoms with E-state index < -0.39 is 0 Å². The second kappa shape index (κ2) is 12.5. The third-order valence-electron chi connectivity index (χ3n) is 6.71. The van der Waals surface area contributed by atoms with Crippen LogP contribution in [0.3, 0.4) is 0 Å². The van der Waals surface area contributed by atoms with E-state index in [1.54, 1.807) is 30.3 Å². The number of rotatable bonds is 9. The molecular weight excluding hydrogens is 515 g/mol. The van der Waals surface area contributed by atoms with E-state index in [2.05, 4.69) is 10.2 Å². The fraction of sp³-hybridized carbons (Fsp3) is 0.300. The summed E-state index contributed by atoms with van der Waals surface area (Å²) in [5.74, 6) is 0.0233. The topological polar surface area (TPSA) is 76.5 Å². The number of morpholine rings is 1. The van der Waals surface area contributed by atoms with Gasteiger partial charge in [-0.3, -0.25) is 19.1 Å². The molecule has 0 unspecified atom stereocenters. The zero-order valence-corrected chi connectivity index (χ0v) is 22.7. The molecule has 7 nitrogen and oxygen atoms in total. The van der Waals surface area contributed by atoms with Crippen LogP contribution in [0.5, 0.6) is 0 Å². The molecule has 1 N–H and O–H groups in total. The van der Waals surface area contributed by atoms with E-state index in [0.717, 1.165) is 44.8 Å². The van der Waals surface area contributed by atoms with Gasteiger partial charge >= 0.3 is 0 Å². The van der Waals surface area contributed by atoms with E-state index in [9.17, 15) is 14.0 Å². The van der Waals surface area contributed by atoms with Crippen molar-refractivity contribution in [3.8, 4) is 5.69 Å². The molecule has 9 heteroatoms. The minimum atomic E-state index is -0.380. The smallest absolute Gasteiger partial charge is 0.266 e. The molecule has 1 saturated heterocycles. The minimum Gasteiger partial charge on any atom is -0.379 e. The van der Waals surface area contributed by atoms with Crippen LogP contribution in [0.25, 0.3) is 16.6 Å². The molecule has 0 saturated carbocycles. The second-order valence-corrected chi connectivity index (χ2v) is 10.5. The van der Waals surface area contributed by atoms with Crippen molar-refractivity contribution in [2.75, 3.05) is 39.4 Å². The van der Waals surface area contributed by atoms with Crippen molar-refractivity contribution in [1.82, 2.24) is 19.8 Å². The number of ether oxygens (including phenoxy) is 1. The summed E-state index contributed by atoms with van der Waals surface area (Å²) < 4.78 is 20.5. The van der Waals surface area contributed by atoms with Crippen LogP contribution in [0.2, 0.25) is 0 Å². The SMILES string of the molecule is Cc1ccc(CSc2nc3cc(C(=O)NCCCN4CCOCC4)ccc3c(=O)n2-c2ccc(F)cc2)cc1. The summed E-state index contributed by atoms with van der Waals surface area (Å²) >= 11 is 1.42. The Bertz CT molecular complexity index is 1500. The molecular formula is C30H31FN4O3S. The predicted octanol–water partition coefficient (Wildman–Crippen LogP) is 4.58. The lowest BCUT2D eigenvalue weighted by Gasteiger charge is -2.26. The molecule has 0 radical (unpaired) electrons. The predicted molar refractivity (Wildman–Crippen MR) is 152 cm³/mol. The van der Waals surface area contributed by atoms with Gasteiger partial charge < -0.3 is 10.1 Å². The Kier molecular flexibility index (Phi) is 8.71. The Hall–Kier alpha value is -3.53. The number of nitrogens with one attached hydrogen (secondary N) is 1. The Morgan fingerprint density at radius 1 is 1.05 bits per heavy atom. The summed E-state index contributed by atoms with van der Waals surface area (Å²) in [5.41, 5.74) is 3.43. The molecule has 1 amide bonds. The first-order valence-corrected chi connectivity index (χ1v) is 14.1. The van der Waals surface area contributed by atoms with E-state index >= 15 is 0 Å². The van der Waals surface area contributed by atoms with E-state index in [1.165, 1.54) is 34.0 Å². The molecule has 0 atom stereocenters. The third-order valence-corrected chi connectivity index (χ3v) is 7.72. The number of benzene rings is 3. The maximum atomic E-state index is 13.6. The van der Waals surface area contributed by atoms with Gasteiger partial charge in [-0.05, 0) is 67.9 Å². The van der Waals surface area contributed by atoms with Gasteiger partial charge in [0.05, 0.1) is 29.8 Å². The number of hydrogen-bond donors (Lipinski definition) is 1. The lowest BCUT2D eigenvalue weighted by molar-refractivity contribution is 0.0374. The van der Waals surface area contributed by atoms with Crippen molar-refractivity contribution >= 4 is 28.6 Å². The van der Waals surface area contributed by atoms with Gasteiger partial charge in [-0.15, -0.1) is 0 Å². The number of halogens is 1. The summed E-state index contributed by atoms with van der Waals surface area (Å²) in [7, 11) is 0. The van der Waals surface area contributed by atoms with Crippen LogP contribution in [0.15, 0.2) is 76.7 Å². The normalized spacial score (nSPS) is 14.0. The largest absolute Gasteiger partial charge is 0.379 e. The number of fused-ring (bicyclic) bond motifs is 1. The molecule has 1 fully saturated rings. The van der Waals surface area contributed by atoms with Gasteiger partial charge in [0.1, 0.15) is 5.82 Å². The Labute approximate surface area is 231 Å². The number of amides is 1. The first-order valence-electron chi connectivity index (χ1n) is 13.1. The van der Waals surface area contributed by atoms with Crippen LogP contribution < -0.4 is 10.9 Å². The van der Waals surface area contributed by atoms with E-state index in [4.69, 9.17) is 9.72 Å². The van der Waals surface area contributed by atoms with Crippen LogP contribution in [-0.4, -0.2) is 59.8 Å². The maximum absolute atomic E-state index is 13.6. The number of aromatic nitrogens is 2. The molecule has 5 rings (SSSR count). The third kappa shape index (κ3) is 6.73. The summed E-state index contributed by atoms with van der Waals surface area (Å²) in [6.07, 6.45) is 0.847. The highest BCUT2D eigenvalue weighted by atomic mass is 32.2. The average molecular weight is 547 g/mol. The fourth-order valence-electron chi connectivity index (χ4n) is 4.48. The Morgan fingerprint density at radius 3 is 2.54 bits per heavy atom. The van der Waals surface area contributed by atoms with E-state index in [0.29, 0.717) is 39.6 Å². The Morgan fingerprint density at radius 2 is 1.79 bits per heavy atom. The van der Waals surface area contributed by atoms with Crippen molar-refractivity contribution in [2.45, 2.75) is 24.3 Å². The zero-order chi connectivity index (χ0) is 27.2. The first kappa shape index (κ1) is 27.1. The highest BCUT2D eigenvalue weighted by Crippen LogP contribution is 2.25. The molecule has 2 heterocycles. The molecule has 0 spiro atoms. The molecule has 0 bridgehead atoms. The number of nitrogens with zero attached hydrogens (tertiary/aromatic N) is 3. The summed E-state index contributed by atoms with van der Waals surface area (Å²) in [6, 6.07) is 18.9. The van der Waals surface area contributed by atoms with Crippen LogP contribution >= 0.6 is 11.8 Å². The molecule has 1 aliphatic heterocycles. The lowest BCUT2D eigenvalue weighted by Crippen LogP contribution is -2.38. The lowest BCUT2D eigenvalue weighted by atomic mass is 10.1. The van der Waals surface area contributed by atoms with Gasteiger partial charge in [0.25, 0.3) is 11.5 Å². The number of aryl methyl sites for hydroxylation is 1. The summed E-state index contributed by atoms with van der Waals surface area (Å²) in [5, 5.41) is 3.84. The molecule has 202 valence electrons. The highest BCUT2D eigenvalue weighted by Gasteiger charge is 2.16. The second-order valence-electron chi connectivity index (χ2n) is 9.58. The number of carbonyl (C=O) groups excluding carboxylic acids is 1. The Balaban J connectivity index is 1.39. The van der Waals surface area contributed by atoms with E-state index in [1.807, 2.05) is 31.2 Å². The standard InChI is InChI=1S/C30H31FN4O3S/c1-21-3-5-22(6-4-21)20-39-30-33-27-19-23(28(36)32-13-2-14-34-15-17-38-18-16-34)7-12-26(27)29(37)35(30)25-10-8-24(31)9-11-25/h3-12,19H,2,13-18,20H2,1H3,(H,32,36). The van der Waals surface area contributed by atoms with Gasteiger partial charge in [-0.25, -0.2) is 9.37 Å². The summed E-state index contributed by atoms with van der Waals surface area (Å²) in [6.45, 7) is 6.86. The highest BCUT2D eigenvalue weighted by molar-refractivity contribution is 7.98. The van der Waals surface area contributed by atoms with Crippen molar-refractivity contribution < 1.29 is 13.9 Å². The minimum absolute atomic E-state index is 0.197. The molecule has 0 aliphatic carbocycles. The van der Waals surface area contributed by atoms with Crippen LogP contribution in [0, 0.1) is 12.7 Å². The van der Waals surface area contributed by atoms with Crippen LogP contribution in [0.1, 0.15) is 27.9 Å². The average Bonchev–Trinajstić information content (AvgIpc) is 2.96. The van der Waals surface area contributed by atoms with Crippen molar-refractivity contribution in [3.05, 3.63) is 99.6 Å². The van der Waals surface area contributed by atoms with Crippen molar-refractivity contribution in [3.63, 3.8) is 0 Å². The first-order chi connectivity index (χ1) is 19.0. The van der Waals surface area contributed by atoms with Gasteiger partial charge in [0.15, 0.2) is 5.16 Å². The number of carbonyl (C=O) groups is 1. The van der Waals surface area contributed by atoms with Gasteiger partial charge in [-0.2, -0.15) is 0 Å². The molecule has 1 aliphatic rings. The van der Waals surface area contributed by atoms with Gasteiger partial charge in [0, 0.05) is 31.0 Å². The zero-order valence-electron chi connectivity index (χ0n) is 21.9. The summed E-state index contributed by atoms with van der Waals surface area (Å²) in [4.78, 5) is 33.6. The number of thioether (sulfide) groups is 1. The van der Waals surface area contributed by atoms with Crippen molar-refractivity contribution in [1.29, 1.82) is 0 Å². The quantitative estimate of drug-likeness (QED) is 0.188. The van der Waals surface area contributed by atoms with Gasteiger partial charge in [0.2, 0.25) is 0 Å². The molecule has 4 aromatic rings.